The minimum atomic E-state index is -3.62. The van der Waals surface area contributed by atoms with Gasteiger partial charge in [-0.1, -0.05) is 49.4 Å². The van der Waals surface area contributed by atoms with Crippen LogP contribution in [0, 0.1) is 0 Å². The lowest BCUT2D eigenvalue weighted by atomic mass is 10.1. The molecule has 0 bridgehead atoms. The van der Waals surface area contributed by atoms with Gasteiger partial charge in [0.1, 0.15) is 0 Å². The van der Waals surface area contributed by atoms with Crippen LogP contribution in [-0.4, -0.2) is 20.1 Å². The molecule has 2 N–H and O–H groups in total. The number of rotatable bonds is 7. The molecule has 5 heteroatoms. The van der Waals surface area contributed by atoms with Gasteiger partial charge in [-0.15, -0.1) is 0 Å². The predicted molar refractivity (Wildman–Crippen MR) is 87.0 cm³/mol. The molecule has 22 heavy (non-hydrogen) atoms. The molecule has 0 aromatic heterocycles. The van der Waals surface area contributed by atoms with Crippen molar-refractivity contribution in [1.82, 2.24) is 4.72 Å². The van der Waals surface area contributed by atoms with Crippen molar-refractivity contribution in [3.05, 3.63) is 65.7 Å². The van der Waals surface area contributed by atoms with Gasteiger partial charge in [0.05, 0.1) is 4.90 Å². The quantitative estimate of drug-likeness (QED) is 0.824. The van der Waals surface area contributed by atoms with Crippen molar-refractivity contribution >= 4 is 10.0 Å². The first kappa shape index (κ1) is 16.7. The Morgan fingerprint density at radius 1 is 1.09 bits per heavy atom. The Balaban J connectivity index is 2.28. The van der Waals surface area contributed by atoms with Crippen LogP contribution in [-0.2, 0) is 16.4 Å². The molecule has 0 amide bonds. The SMILES string of the molecule is CCc1cccc(S(=O)(=O)N[C@H](CCO)c2ccccc2)c1. The van der Waals surface area contributed by atoms with Gasteiger partial charge in [0, 0.05) is 12.6 Å². The van der Waals surface area contributed by atoms with E-state index in [0.717, 1.165) is 17.5 Å². The molecule has 0 fully saturated rings. The first-order chi connectivity index (χ1) is 10.6. The normalized spacial score (nSPS) is 13.0. The molecule has 1 atom stereocenters. The summed E-state index contributed by atoms with van der Waals surface area (Å²) in [5.41, 5.74) is 1.81. The molecule has 2 aromatic carbocycles. The van der Waals surface area contributed by atoms with Gasteiger partial charge in [0.15, 0.2) is 0 Å². The van der Waals surface area contributed by atoms with Crippen LogP contribution in [0.2, 0.25) is 0 Å². The zero-order valence-corrected chi connectivity index (χ0v) is 13.4. The van der Waals surface area contributed by atoms with Crippen molar-refractivity contribution in [1.29, 1.82) is 0 Å². The second-order valence-corrected chi connectivity index (χ2v) is 6.81. The van der Waals surface area contributed by atoms with Crippen molar-refractivity contribution < 1.29 is 13.5 Å². The lowest BCUT2D eigenvalue weighted by molar-refractivity contribution is 0.272. The zero-order valence-electron chi connectivity index (χ0n) is 12.6. The molecule has 0 saturated heterocycles. The van der Waals surface area contributed by atoms with Crippen LogP contribution in [0.5, 0.6) is 0 Å². The molecule has 0 saturated carbocycles. The number of hydrogen-bond acceptors (Lipinski definition) is 3. The molecule has 0 aliphatic carbocycles. The van der Waals surface area contributed by atoms with Gasteiger partial charge in [-0.3, -0.25) is 0 Å². The maximum Gasteiger partial charge on any atom is 0.241 e. The van der Waals surface area contributed by atoms with Crippen LogP contribution in [0.3, 0.4) is 0 Å². The van der Waals surface area contributed by atoms with Crippen LogP contribution in [0.15, 0.2) is 59.5 Å². The molecule has 0 spiro atoms. The van der Waals surface area contributed by atoms with Gasteiger partial charge >= 0.3 is 0 Å². The van der Waals surface area contributed by atoms with Gasteiger partial charge in [0.25, 0.3) is 0 Å². The summed E-state index contributed by atoms with van der Waals surface area (Å²) in [4.78, 5) is 0.255. The van der Waals surface area contributed by atoms with E-state index in [2.05, 4.69) is 4.72 Å². The Hall–Kier alpha value is -1.69. The maximum atomic E-state index is 12.6. The number of nitrogens with one attached hydrogen (secondary N) is 1. The number of hydrogen-bond donors (Lipinski definition) is 2. The second-order valence-electron chi connectivity index (χ2n) is 5.10. The molecule has 2 aromatic rings. The molecular weight excluding hydrogens is 298 g/mol. The minimum Gasteiger partial charge on any atom is -0.396 e. The number of aryl methyl sites for hydroxylation is 1. The molecule has 0 aliphatic rings. The number of sulfonamides is 1. The fourth-order valence-electron chi connectivity index (χ4n) is 2.30. The van der Waals surface area contributed by atoms with E-state index in [9.17, 15) is 13.5 Å². The second kappa shape index (κ2) is 7.54. The highest BCUT2D eigenvalue weighted by Crippen LogP contribution is 2.20. The summed E-state index contributed by atoms with van der Waals surface area (Å²) in [6.45, 7) is 1.90. The monoisotopic (exact) mass is 319 g/mol. The highest BCUT2D eigenvalue weighted by atomic mass is 32.2. The summed E-state index contributed by atoms with van der Waals surface area (Å²) in [7, 11) is -3.62. The Kier molecular flexibility index (Phi) is 5.71. The average molecular weight is 319 g/mol. The molecule has 0 heterocycles. The van der Waals surface area contributed by atoms with E-state index in [4.69, 9.17) is 0 Å². The molecule has 0 radical (unpaired) electrons. The fraction of sp³-hybridized carbons (Fsp3) is 0.294. The maximum absolute atomic E-state index is 12.6. The van der Waals surface area contributed by atoms with E-state index in [1.54, 1.807) is 18.2 Å². The third-order valence-electron chi connectivity index (χ3n) is 3.53. The first-order valence-electron chi connectivity index (χ1n) is 7.34. The van der Waals surface area contributed by atoms with Crippen LogP contribution in [0.1, 0.15) is 30.5 Å². The van der Waals surface area contributed by atoms with E-state index in [-0.39, 0.29) is 11.5 Å². The van der Waals surface area contributed by atoms with E-state index in [0.29, 0.717) is 6.42 Å². The van der Waals surface area contributed by atoms with Crippen molar-refractivity contribution in [2.24, 2.45) is 0 Å². The number of aliphatic hydroxyl groups is 1. The molecule has 118 valence electrons. The average Bonchev–Trinajstić information content (AvgIpc) is 2.55. The Morgan fingerprint density at radius 3 is 2.45 bits per heavy atom. The van der Waals surface area contributed by atoms with Crippen LogP contribution in [0.25, 0.3) is 0 Å². The van der Waals surface area contributed by atoms with Gasteiger partial charge in [-0.2, -0.15) is 0 Å². The fourth-order valence-corrected chi connectivity index (χ4v) is 3.62. The zero-order chi connectivity index (χ0) is 16.0. The summed E-state index contributed by atoms with van der Waals surface area (Å²) < 4.78 is 27.8. The van der Waals surface area contributed by atoms with Crippen LogP contribution >= 0.6 is 0 Å². The van der Waals surface area contributed by atoms with Crippen LogP contribution in [0.4, 0.5) is 0 Å². The number of aliphatic hydroxyl groups excluding tert-OH is 1. The minimum absolute atomic E-state index is 0.0862. The van der Waals surface area contributed by atoms with Crippen molar-refractivity contribution in [3.63, 3.8) is 0 Å². The van der Waals surface area contributed by atoms with Crippen molar-refractivity contribution in [2.45, 2.75) is 30.7 Å². The third kappa shape index (κ3) is 4.16. The standard InChI is InChI=1S/C17H21NO3S/c1-2-14-7-6-10-16(13-14)22(20,21)18-17(11-12-19)15-8-4-3-5-9-15/h3-10,13,17-19H,2,11-12H2,1H3/t17-/m1/s1. The Labute approximate surface area is 131 Å². The van der Waals surface area contributed by atoms with E-state index >= 15 is 0 Å². The largest absolute Gasteiger partial charge is 0.396 e. The highest BCUT2D eigenvalue weighted by Gasteiger charge is 2.21. The summed E-state index contributed by atoms with van der Waals surface area (Å²) in [6, 6.07) is 15.8. The summed E-state index contributed by atoms with van der Waals surface area (Å²) in [6.07, 6.45) is 1.11. The Morgan fingerprint density at radius 2 is 1.82 bits per heavy atom. The summed E-state index contributed by atoms with van der Waals surface area (Å²) >= 11 is 0. The van der Waals surface area contributed by atoms with Gasteiger partial charge in [-0.25, -0.2) is 13.1 Å². The smallest absolute Gasteiger partial charge is 0.241 e. The van der Waals surface area contributed by atoms with E-state index < -0.39 is 16.1 Å². The first-order valence-corrected chi connectivity index (χ1v) is 8.82. The molecule has 0 unspecified atom stereocenters. The van der Waals surface area contributed by atoms with Gasteiger partial charge in [-0.05, 0) is 36.1 Å². The summed E-state index contributed by atoms with van der Waals surface area (Å²) in [5, 5.41) is 9.21. The highest BCUT2D eigenvalue weighted by molar-refractivity contribution is 7.89. The topological polar surface area (TPSA) is 66.4 Å². The molecule has 4 nitrogen and oxygen atoms in total. The third-order valence-corrected chi connectivity index (χ3v) is 5.00. The number of benzene rings is 2. The van der Waals surface area contributed by atoms with Gasteiger partial charge in [0.2, 0.25) is 10.0 Å². The lowest BCUT2D eigenvalue weighted by Gasteiger charge is -2.18. The van der Waals surface area contributed by atoms with E-state index in [1.165, 1.54) is 0 Å². The lowest BCUT2D eigenvalue weighted by Crippen LogP contribution is -2.29. The van der Waals surface area contributed by atoms with E-state index in [1.807, 2.05) is 43.3 Å². The Bertz CT molecular complexity index is 699. The molecule has 2 rings (SSSR count). The molecular formula is C17H21NO3S. The summed E-state index contributed by atoms with van der Waals surface area (Å²) in [5.74, 6) is 0. The van der Waals surface area contributed by atoms with Crippen molar-refractivity contribution in [3.8, 4) is 0 Å². The van der Waals surface area contributed by atoms with Crippen molar-refractivity contribution in [2.75, 3.05) is 6.61 Å². The van der Waals surface area contributed by atoms with Gasteiger partial charge < -0.3 is 5.11 Å². The predicted octanol–water partition coefficient (Wildman–Crippen LogP) is 2.65. The van der Waals surface area contributed by atoms with Crippen LogP contribution < -0.4 is 4.72 Å². The molecule has 0 aliphatic heterocycles.